The summed E-state index contributed by atoms with van der Waals surface area (Å²) in [6, 6.07) is 13.9. The van der Waals surface area contributed by atoms with Gasteiger partial charge in [0.2, 0.25) is 0 Å². The molecule has 0 bridgehead atoms. The Morgan fingerprint density at radius 2 is 2.03 bits per heavy atom. The van der Waals surface area contributed by atoms with Crippen molar-refractivity contribution in [2.45, 2.75) is 20.0 Å². The molecule has 2 aromatic carbocycles. The van der Waals surface area contributed by atoms with Gasteiger partial charge in [-0.2, -0.15) is 0 Å². The number of halogens is 2. The second kappa shape index (κ2) is 8.61. The fourth-order valence-electron chi connectivity index (χ4n) is 3.56. The van der Waals surface area contributed by atoms with Crippen molar-refractivity contribution in [2.75, 3.05) is 13.1 Å². The van der Waals surface area contributed by atoms with E-state index in [4.69, 9.17) is 16.6 Å². The van der Waals surface area contributed by atoms with E-state index in [0.29, 0.717) is 18.1 Å². The summed E-state index contributed by atoms with van der Waals surface area (Å²) in [5, 5.41) is 9.60. The third-order valence-electron chi connectivity index (χ3n) is 4.97. The molecule has 0 spiro atoms. The lowest BCUT2D eigenvalue weighted by Crippen LogP contribution is -2.25. The first-order valence-electron chi connectivity index (χ1n) is 9.49. The number of hydrogen-bond acceptors (Lipinski definition) is 4. The Kier molecular flexibility index (Phi) is 5.94. The van der Waals surface area contributed by atoms with E-state index in [0.717, 1.165) is 51.7 Å². The number of benzene rings is 2. The van der Waals surface area contributed by atoms with Crippen LogP contribution in [0.4, 0.5) is 0 Å². The van der Waals surface area contributed by atoms with Gasteiger partial charge < -0.3 is 0 Å². The Morgan fingerprint density at radius 3 is 2.79 bits per heavy atom. The highest BCUT2D eigenvalue weighted by Gasteiger charge is 2.26. The van der Waals surface area contributed by atoms with Crippen molar-refractivity contribution in [3.05, 3.63) is 87.4 Å². The minimum atomic E-state index is 0.433. The summed E-state index contributed by atoms with van der Waals surface area (Å²) in [4.78, 5) is 7.16. The molecule has 2 heterocycles. The van der Waals surface area contributed by atoms with E-state index < -0.39 is 0 Å². The molecule has 148 valence electrons. The zero-order valence-electron chi connectivity index (χ0n) is 16.1. The van der Waals surface area contributed by atoms with Crippen LogP contribution in [0.1, 0.15) is 29.7 Å². The van der Waals surface area contributed by atoms with Crippen molar-refractivity contribution >= 4 is 33.2 Å². The van der Waals surface area contributed by atoms with Crippen LogP contribution in [-0.4, -0.2) is 38.5 Å². The molecule has 0 unspecified atom stereocenters. The molecule has 4 rings (SSSR count). The number of aliphatic imine (C=N–C) groups is 1. The number of rotatable bonds is 6. The second-order valence-electron chi connectivity index (χ2n) is 6.76. The van der Waals surface area contributed by atoms with Crippen molar-refractivity contribution in [1.82, 2.24) is 19.7 Å². The Hall–Kier alpha value is -2.28. The van der Waals surface area contributed by atoms with Gasteiger partial charge in [0.05, 0.1) is 17.9 Å². The third-order valence-corrected chi connectivity index (χ3v) is 5.96. The fraction of sp³-hybridized carbons (Fsp3) is 0.227. The number of nitrogens with zero attached hydrogens (tertiary/aromatic N) is 5. The average molecular weight is 471 g/mol. The lowest BCUT2D eigenvalue weighted by atomic mass is 10.0. The maximum absolute atomic E-state index is 6.52. The maximum Gasteiger partial charge on any atom is 0.159 e. The highest BCUT2D eigenvalue weighted by Crippen LogP contribution is 2.33. The fourth-order valence-corrected chi connectivity index (χ4v) is 4.33. The molecule has 0 atom stereocenters. The minimum Gasteiger partial charge on any atom is -0.293 e. The zero-order chi connectivity index (χ0) is 20.4. The maximum atomic E-state index is 6.52. The quantitative estimate of drug-likeness (QED) is 0.474. The van der Waals surface area contributed by atoms with Gasteiger partial charge in [0.25, 0.3) is 0 Å². The van der Waals surface area contributed by atoms with Gasteiger partial charge in [-0.25, -0.2) is 0 Å². The first-order chi connectivity index (χ1) is 14.1. The van der Waals surface area contributed by atoms with Crippen LogP contribution >= 0.6 is 27.5 Å². The highest BCUT2D eigenvalue weighted by atomic mass is 79.9. The number of likely N-dealkylation sites (N-methyl/N-ethyl adjacent to an activating group) is 1. The van der Waals surface area contributed by atoms with E-state index in [9.17, 15) is 0 Å². The van der Waals surface area contributed by atoms with Crippen LogP contribution in [0.25, 0.3) is 5.69 Å². The Morgan fingerprint density at radius 1 is 1.21 bits per heavy atom. The Bertz CT molecular complexity index is 1090. The molecule has 7 heteroatoms. The summed E-state index contributed by atoms with van der Waals surface area (Å²) in [5.74, 6) is 1.70. The summed E-state index contributed by atoms with van der Waals surface area (Å²) in [5.41, 5.74) is 3.75. The summed E-state index contributed by atoms with van der Waals surface area (Å²) >= 11 is 10.3. The summed E-state index contributed by atoms with van der Waals surface area (Å²) < 4.78 is 3.08. The van der Waals surface area contributed by atoms with Crippen molar-refractivity contribution in [3.63, 3.8) is 0 Å². The lowest BCUT2D eigenvalue weighted by Gasteiger charge is -2.20. The predicted octanol–water partition coefficient (Wildman–Crippen LogP) is 5.04. The van der Waals surface area contributed by atoms with E-state index in [1.54, 1.807) is 0 Å². The lowest BCUT2D eigenvalue weighted by molar-refractivity contribution is 0.301. The Labute approximate surface area is 183 Å². The van der Waals surface area contributed by atoms with Gasteiger partial charge in [0, 0.05) is 27.2 Å². The molecule has 0 saturated heterocycles. The molecular weight excluding hydrogens is 450 g/mol. The van der Waals surface area contributed by atoms with Gasteiger partial charge in [0.1, 0.15) is 6.54 Å². The molecule has 0 N–H and O–H groups in total. The summed E-state index contributed by atoms with van der Waals surface area (Å²) in [7, 11) is 0. The number of aromatic nitrogens is 3. The second-order valence-corrected chi connectivity index (χ2v) is 8.02. The average Bonchev–Trinajstić information content (AvgIpc) is 3.03. The van der Waals surface area contributed by atoms with Gasteiger partial charge in [-0.05, 0) is 24.7 Å². The first kappa shape index (κ1) is 20.0. The molecule has 3 aromatic rings. The number of hydrogen-bond donors (Lipinski definition) is 0. The number of fused-ring (bicyclic) bond motifs is 3. The molecule has 0 saturated carbocycles. The molecule has 0 radical (unpaired) electrons. The first-order valence-corrected chi connectivity index (χ1v) is 10.7. The molecule has 0 aliphatic carbocycles. The van der Waals surface area contributed by atoms with E-state index in [1.165, 1.54) is 0 Å². The van der Waals surface area contributed by atoms with Crippen molar-refractivity contribution in [1.29, 1.82) is 0 Å². The summed E-state index contributed by atoms with van der Waals surface area (Å²) in [6.07, 6.45) is 1.91. The SMILES string of the molecule is C=CCN(CC)Cc1nnc2n1-c1cccc(Br)c1C(c1ccccc1Cl)=NC2. The Balaban J connectivity index is 1.88. The molecule has 1 aliphatic heterocycles. The molecule has 5 nitrogen and oxygen atoms in total. The van der Waals surface area contributed by atoms with E-state index in [2.05, 4.69) is 55.2 Å². The monoisotopic (exact) mass is 469 g/mol. The third kappa shape index (κ3) is 3.80. The van der Waals surface area contributed by atoms with E-state index in [1.807, 2.05) is 42.5 Å². The molecule has 1 aromatic heterocycles. The molecule has 0 amide bonds. The highest BCUT2D eigenvalue weighted by molar-refractivity contribution is 9.10. The van der Waals surface area contributed by atoms with Crippen LogP contribution in [0.2, 0.25) is 5.02 Å². The van der Waals surface area contributed by atoms with Crippen LogP contribution in [0.15, 0.2) is 64.6 Å². The van der Waals surface area contributed by atoms with Gasteiger partial charge in [-0.3, -0.25) is 14.5 Å². The largest absolute Gasteiger partial charge is 0.293 e. The van der Waals surface area contributed by atoms with E-state index in [-0.39, 0.29) is 0 Å². The predicted molar refractivity (Wildman–Crippen MR) is 121 cm³/mol. The zero-order valence-corrected chi connectivity index (χ0v) is 18.5. The van der Waals surface area contributed by atoms with Crippen LogP contribution < -0.4 is 0 Å². The van der Waals surface area contributed by atoms with Crippen molar-refractivity contribution in [3.8, 4) is 5.69 Å². The molecular formula is C22H21BrClN5. The van der Waals surface area contributed by atoms with Crippen LogP contribution in [0.5, 0.6) is 0 Å². The standard InChI is InChI=1S/C22H21BrClN5/c1-3-12-28(4-2)14-20-27-26-19-13-25-22(15-8-5-6-10-17(15)24)21-16(23)9-7-11-18(21)29(19)20/h3,5-11H,1,4,12-14H2,2H3. The van der Waals surface area contributed by atoms with Gasteiger partial charge in [-0.1, -0.05) is 64.8 Å². The summed E-state index contributed by atoms with van der Waals surface area (Å²) in [6.45, 7) is 8.81. The van der Waals surface area contributed by atoms with Crippen LogP contribution in [0, 0.1) is 0 Å². The van der Waals surface area contributed by atoms with Gasteiger partial charge >= 0.3 is 0 Å². The molecule has 1 aliphatic rings. The van der Waals surface area contributed by atoms with Crippen molar-refractivity contribution < 1.29 is 0 Å². The minimum absolute atomic E-state index is 0.433. The van der Waals surface area contributed by atoms with E-state index >= 15 is 0 Å². The van der Waals surface area contributed by atoms with Crippen LogP contribution in [0.3, 0.4) is 0 Å². The molecule has 29 heavy (non-hydrogen) atoms. The topological polar surface area (TPSA) is 46.3 Å². The normalized spacial score (nSPS) is 12.9. The molecule has 0 fully saturated rings. The smallest absolute Gasteiger partial charge is 0.159 e. The van der Waals surface area contributed by atoms with Gasteiger partial charge in [0.15, 0.2) is 11.6 Å². The van der Waals surface area contributed by atoms with Crippen LogP contribution in [-0.2, 0) is 13.1 Å². The van der Waals surface area contributed by atoms with Crippen molar-refractivity contribution in [2.24, 2.45) is 4.99 Å². The van der Waals surface area contributed by atoms with Gasteiger partial charge in [-0.15, -0.1) is 16.8 Å².